The number of nitrogens with one attached hydrogen (secondary N) is 2. The lowest BCUT2D eigenvalue weighted by Crippen LogP contribution is -1.98. The number of hydrogen-bond donors (Lipinski definition) is 3. The molecule has 0 amide bonds. The van der Waals surface area contributed by atoms with Gasteiger partial charge in [0.2, 0.25) is 0 Å². The summed E-state index contributed by atoms with van der Waals surface area (Å²) in [6.07, 6.45) is 3.75. The highest BCUT2D eigenvalue weighted by atomic mass is 35.5. The fourth-order valence-corrected chi connectivity index (χ4v) is 4.03. The van der Waals surface area contributed by atoms with E-state index in [4.69, 9.17) is 16.2 Å². The molecule has 0 aliphatic heterocycles. The standard InChI is InChI=1S/C14H12ClN5O3S2.2H2/c15-8-6-16-14(10-3-4-12(24-10)25(21,22)23)18-13(8)17-11-5-9(19-20-11)7-1-2-7;;/h3-7H,1-2H2,(H,21,22,23)(H2,16,17,18,19,20);2*1H. The van der Waals surface area contributed by atoms with E-state index in [1.807, 2.05) is 6.07 Å². The molecular weight excluding hydrogens is 386 g/mol. The van der Waals surface area contributed by atoms with Crippen molar-refractivity contribution in [1.82, 2.24) is 20.2 Å². The Kier molecular flexibility index (Phi) is 3.99. The van der Waals surface area contributed by atoms with Gasteiger partial charge in [0.05, 0.1) is 11.1 Å². The fourth-order valence-electron chi connectivity index (χ4n) is 2.28. The first kappa shape index (κ1) is 16.5. The molecule has 0 aromatic carbocycles. The third-order valence-corrected chi connectivity index (χ3v) is 6.34. The number of nitrogens with zero attached hydrogens (tertiary/aromatic N) is 3. The zero-order valence-corrected chi connectivity index (χ0v) is 15.0. The summed E-state index contributed by atoms with van der Waals surface area (Å²) in [5.74, 6) is 1.80. The van der Waals surface area contributed by atoms with Crippen molar-refractivity contribution in [3.63, 3.8) is 0 Å². The number of hydrogen-bond acceptors (Lipinski definition) is 7. The van der Waals surface area contributed by atoms with Gasteiger partial charge in [0.25, 0.3) is 0 Å². The molecule has 134 valence electrons. The first-order valence-electron chi connectivity index (χ1n) is 7.33. The molecule has 1 aliphatic carbocycles. The summed E-state index contributed by atoms with van der Waals surface area (Å²) in [4.78, 5) is 8.93. The highest BCUT2D eigenvalue weighted by Gasteiger charge is 2.25. The van der Waals surface area contributed by atoms with Crippen LogP contribution in [0, 0.1) is 0 Å². The van der Waals surface area contributed by atoms with Crippen LogP contribution in [0.4, 0.5) is 11.6 Å². The molecular formula is C14H16ClN5O3S2. The number of aromatic amines is 1. The Morgan fingerprint density at radius 3 is 2.88 bits per heavy atom. The molecule has 0 saturated heterocycles. The van der Waals surface area contributed by atoms with Crippen molar-refractivity contribution in [2.45, 2.75) is 23.0 Å². The van der Waals surface area contributed by atoms with Crippen LogP contribution in [0.5, 0.6) is 0 Å². The van der Waals surface area contributed by atoms with Crippen molar-refractivity contribution in [1.29, 1.82) is 0 Å². The number of H-pyrrole nitrogens is 1. The molecule has 25 heavy (non-hydrogen) atoms. The minimum atomic E-state index is -4.25. The van der Waals surface area contributed by atoms with Crippen molar-refractivity contribution in [2.75, 3.05) is 5.32 Å². The van der Waals surface area contributed by atoms with Gasteiger partial charge in [-0.3, -0.25) is 9.65 Å². The molecule has 3 heterocycles. The van der Waals surface area contributed by atoms with Crippen molar-refractivity contribution in [3.8, 4) is 10.7 Å². The number of rotatable bonds is 5. The molecule has 3 aromatic heterocycles. The third kappa shape index (κ3) is 3.52. The first-order valence-corrected chi connectivity index (χ1v) is 9.96. The maximum absolute atomic E-state index is 11.2. The molecule has 1 saturated carbocycles. The lowest BCUT2D eigenvalue weighted by atomic mass is 10.3. The van der Waals surface area contributed by atoms with E-state index in [9.17, 15) is 8.42 Å². The summed E-state index contributed by atoms with van der Waals surface area (Å²) >= 11 is 7.01. The third-order valence-electron chi connectivity index (χ3n) is 3.66. The van der Waals surface area contributed by atoms with Crippen LogP contribution in [0.2, 0.25) is 5.02 Å². The molecule has 1 fully saturated rings. The number of anilines is 2. The van der Waals surface area contributed by atoms with Gasteiger partial charge in [-0.05, 0) is 25.0 Å². The van der Waals surface area contributed by atoms with Crippen molar-refractivity contribution < 1.29 is 15.8 Å². The van der Waals surface area contributed by atoms with Gasteiger partial charge in [-0.2, -0.15) is 13.5 Å². The highest BCUT2D eigenvalue weighted by molar-refractivity contribution is 7.88. The smallest absolute Gasteiger partial charge is 0.304 e. The van der Waals surface area contributed by atoms with E-state index in [2.05, 4.69) is 25.5 Å². The molecule has 11 heteroatoms. The average Bonchev–Trinajstić information content (AvgIpc) is 3.09. The second-order valence-corrected chi connectivity index (χ2v) is 8.73. The SMILES string of the molecule is O=S(=O)(O)c1ccc(-c2ncc(Cl)c(Nc3cc(C4CC4)[nH]n3)n2)s1.[HH].[HH]. The van der Waals surface area contributed by atoms with Gasteiger partial charge in [0, 0.05) is 20.5 Å². The Morgan fingerprint density at radius 2 is 2.20 bits per heavy atom. The normalized spacial score (nSPS) is 14.6. The molecule has 0 bridgehead atoms. The quantitative estimate of drug-likeness (QED) is 0.553. The molecule has 0 unspecified atom stereocenters. The Balaban J connectivity index is 0.00000131. The second-order valence-electron chi connectivity index (χ2n) is 5.59. The van der Waals surface area contributed by atoms with E-state index >= 15 is 0 Å². The van der Waals surface area contributed by atoms with Crippen molar-refractivity contribution in [3.05, 3.63) is 35.1 Å². The van der Waals surface area contributed by atoms with Crippen LogP contribution in [0.3, 0.4) is 0 Å². The average molecular weight is 402 g/mol. The zero-order chi connectivity index (χ0) is 17.6. The maximum Gasteiger partial charge on any atom is 0.304 e. The predicted octanol–water partition coefficient (Wildman–Crippen LogP) is 3.94. The van der Waals surface area contributed by atoms with E-state index in [1.54, 1.807) is 0 Å². The molecule has 3 N–H and O–H groups in total. The summed E-state index contributed by atoms with van der Waals surface area (Å²) < 4.78 is 31.3. The van der Waals surface area contributed by atoms with Crippen LogP contribution in [0.1, 0.15) is 27.3 Å². The highest BCUT2D eigenvalue weighted by Crippen LogP contribution is 2.40. The lowest BCUT2D eigenvalue weighted by Gasteiger charge is -2.05. The number of aromatic nitrogens is 4. The topological polar surface area (TPSA) is 121 Å². The van der Waals surface area contributed by atoms with Crippen LogP contribution >= 0.6 is 22.9 Å². The van der Waals surface area contributed by atoms with E-state index < -0.39 is 10.1 Å². The van der Waals surface area contributed by atoms with Gasteiger partial charge in [-0.25, -0.2) is 9.97 Å². The second kappa shape index (κ2) is 6.06. The number of halogens is 1. The van der Waals surface area contributed by atoms with E-state index in [0.29, 0.717) is 33.3 Å². The fraction of sp³-hybridized carbons (Fsp3) is 0.214. The summed E-state index contributed by atoms with van der Waals surface area (Å²) in [5, 5.41) is 10.5. The van der Waals surface area contributed by atoms with E-state index in [1.165, 1.54) is 18.3 Å². The largest absolute Gasteiger partial charge is 0.322 e. The summed E-state index contributed by atoms with van der Waals surface area (Å²) in [7, 11) is -4.25. The van der Waals surface area contributed by atoms with Crippen molar-refractivity contribution in [2.24, 2.45) is 0 Å². The number of thiophene rings is 1. The van der Waals surface area contributed by atoms with Gasteiger partial charge in [-0.1, -0.05) is 11.6 Å². The van der Waals surface area contributed by atoms with Crippen LogP contribution in [-0.4, -0.2) is 33.1 Å². The van der Waals surface area contributed by atoms with Gasteiger partial charge in [-0.15, -0.1) is 11.3 Å². The predicted molar refractivity (Wildman–Crippen MR) is 98.2 cm³/mol. The molecule has 1 aliphatic rings. The Bertz CT molecular complexity index is 1050. The lowest BCUT2D eigenvalue weighted by molar-refractivity contribution is 0.485. The summed E-state index contributed by atoms with van der Waals surface area (Å²) in [6, 6.07) is 4.74. The Labute approximate surface area is 155 Å². The van der Waals surface area contributed by atoms with Crippen LogP contribution in [-0.2, 0) is 10.1 Å². The molecule has 8 nitrogen and oxygen atoms in total. The Morgan fingerprint density at radius 1 is 1.40 bits per heavy atom. The minimum Gasteiger partial charge on any atom is -0.322 e. The maximum atomic E-state index is 11.2. The molecule has 0 atom stereocenters. The molecule has 0 spiro atoms. The van der Waals surface area contributed by atoms with E-state index in [-0.39, 0.29) is 7.06 Å². The zero-order valence-electron chi connectivity index (χ0n) is 12.6. The monoisotopic (exact) mass is 401 g/mol. The molecule has 4 rings (SSSR count). The Hall–Kier alpha value is -2.01. The first-order chi connectivity index (χ1) is 11.9. The van der Waals surface area contributed by atoms with Crippen LogP contribution in [0.15, 0.2) is 28.6 Å². The van der Waals surface area contributed by atoms with Crippen molar-refractivity contribution >= 4 is 44.7 Å². The molecule has 3 aromatic rings. The van der Waals surface area contributed by atoms with E-state index in [0.717, 1.165) is 29.9 Å². The van der Waals surface area contributed by atoms with Crippen LogP contribution < -0.4 is 5.32 Å². The summed E-state index contributed by atoms with van der Waals surface area (Å²) in [6.45, 7) is 0. The van der Waals surface area contributed by atoms with Gasteiger partial charge >= 0.3 is 10.1 Å². The minimum absolute atomic E-state index is 0. The van der Waals surface area contributed by atoms with Gasteiger partial charge in [0.15, 0.2) is 17.5 Å². The van der Waals surface area contributed by atoms with Gasteiger partial charge < -0.3 is 5.32 Å². The molecule has 0 radical (unpaired) electrons. The summed E-state index contributed by atoms with van der Waals surface area (Å²) in [5.41, 5.74) is 1.07. The van der Waals surface area contributed by atoms with Crippen LogP contribution in [0.25, 0.3) is 10.7 Å². The van der Waals surface area contributed by atoms with Gasteiger partial charge in [0.1, 0.15) is 9.23 Å².